The summed E-state index contributed by atoms with van der Waals surface area (Å²) < 4.78 is 0. The summed E-state index contributed by atoms with van der Waals surface area (Å²) >= 11 is 5.15. The van der Waals surface area contributed by atoms with Crippen molar-refractivity contribution in [2.75, 3.05) is 19.6 Å². The summed E-state index contributed by atoms with van der Waals surface area (Å²) in [5.41, 5.74) is 1.36. The van der Waals surface area contributed by atoms with Crippen LogP contribution >= 0.6 is 12.2 Å². The quantitative estimate of drug-likeness (QED) is 0.737. The number of piperazine rings is 1. The van der Waals surface area contributed by atoms with Gasteiger partial charge in [-0.2, -0.15) is 0 Å². The first-order chi connectivity index (χ1) is 6.84. The van der Waals surface area contributed by atoms with Gasteiger partial charge in [0.25, 0.3) is 0 Å². The van der Waals surface area contributed by atoms with Crippen molar-refractivity contribution in [2.45, 2.75) is 6.54 Å². The Kier molecular flexibility index (Phi) is 3.11. The molecular weight excluding hydrogens is 192 g/mol. The van der Waals surface area contributed by atoms with Gasteiger partial charge < -0.3 is 5.32 Å². The summed E-state index contributed by atoms with van der Waals surface area (Å²) in [6, 6.07) is 10.5. The number of benzene rings is 1. The zero-order valence-corrected chi connectivity index (χ0v) is 8.89. The highest BCUT2D eigenvalue weighted by Crippen LogP contribution is 2.05. The molecule has 1 saturated heterocycles. The molecule has 1 fully saturated rings. The lowest BCUT2D eigenvalue weighted by Gasteiger charge is -2.28. The van der Waals surface area contributed by atoms with E-state index in [4.69, 9.17) is 12.2 Å². The van der Waals surface area contributed by atoms with Gasteiger partial charge in [-0.15, -0.1) is 0 Å². The van der Waals surface area contributed by atoms with E-state index in [0.717, 1.165) is 31.2 Å². The Bertz CT molecular complexity index is 310. The molecule has 1 aromatic rings. The Morgan fingerprint density at radius 1 is 1.29 bits per heavy atom. The van der Waals surface area contributed by atoms with Crippen LogP contribution in [0.25, 0.3) is 0 Å². The van der Waals surface area contributed by atoms with Gasteiger partial charge in [0.2, 0.25) is 0 Å². The summed E-state index contributed by atoms with van der Waals surface area (Å²) in [5, 5.41) is 3.19. The minimum atomic E-state index is 0.893. The highest BCUT2D eigenvalue weighted by atomic mass is 32.1. The second kappa shape index (κ2) is 4.53. The first kappa shape index (κ1) is 9.62. The van der Waals surface area contributed by atoms with Gasteiger partial charge in [0, 0.05) is 26.2 Å². The fraction of sp³-hybridized carbons (Fsp3) is 0.364. The normalized spacial score (nSPS) is 17.9. The minimum absolute atomic E-state index is 0.893. The maximum Gasteiger partial charge on any atom is 0.0896 e. The van der Waals surface area contributed by atoms with Crippen LogP contribution in [0.1, 0.15) is 5.56 Å². The van der Waals surface area contributed by atoms with Gasteiger partial charge in [-0.05, 0) is 5.56 Å². The van der Waals surface area contributed by atoms with Crippen LogP contribution in [-0.2, 0) is 6.54 Å². The van der Waals surface area contributed by atoms with E-state index in [-0.39, 0.29) is 0 Å². The van der Waals surface area contributed by atoms with Crippen LogP contribution in [0.4, 0.5) is 0 Å². The largest absolute Gasteiger partial charge is 0.377 e. The fourth-order valence-corrected chi connectivity index (χ4v) is 1.95. The van der Waals surface area contributed by atoms with E-state index in [1.54, 1.807) is 0 Å². The van der Waals surface area contributed by atoms with Gasteiger partial charge in [0.05, 0.1) is 4.99 Å². The van der Waals surface area contributed by atoms with E-state index in [2.05, 4.69) is 34.5 Å². The average Bonchev–Trinajstić information content (AvgIpc) is 2.19. The first-order valence-electron chi connectivity index (χ1n) is 4.87. The molecule has 0 unspecified atom stereocenters. The Morgan fingerprint density at radius 2 is 2.07 bits per heavy atom. The third-order valence-electron chi connectivity index (χ3n) is 2.37. The van der Waals surface area contributed by atoms with Crippen LogP contribution in [0.15, 0.2) is 30.3 Å². The molecule has 1 heterocycles. The molecule has 0 saturated carbocycles. The van der Waals surface area contributed by atoms with Crippen molar-refractivity contribution < 1.29 is 0 Å². The Balaban J connectivity index is 1.94. The van der Waals surface area contributed by atoms with Crippen LogP contribution < -0.4 is 5.32 Å². The molecule has 74 valence electrons. The molecule has 0 spiro atoms. The molecule has 1 aliphatic rings. The lowest BCUT2D eigenvalue weighted by Crippen LogP contribution is -2.46. The molecule has 0 amide bonds. The van der Waals surface area contributed by atoms with Crippen molar-refractivity contribution in [1.29, 1.82) is 0 Å². The summed E-state index contributed by atoms with van der Waals surface area (Å²) in [5.74, 6) is 0. The lowest BCUT2D eigenvalue weighted by atomic mass is 10.2. The predicted octanol–water partition coefficient (Wildman–Crippen LogP) is 1.42. The third kappa shape index (κ3) is 2.53. The molecule has 0 radical (unpaired) electrons. The predicted molar refractivity (Wildman–Crippen MR) is 62.3 cm³/mol. The second-order valence-corrected chi connectivity index (χ2v) is 4.04. The number of rotatable bonds is 2. The zero-order valence-electron chi connectivity index (χ0n) is 8.07. The molecule has 0 aliphatic carbocycles. The molecule has 2 nitrogen and oxygen atoms in total. The van der Waals surface area contributed by atoms with E-state index in [9.17, 15) is 0 Å². The van der Waals surface area contributed by atoms with Crippen molar-refractivity contribution >= 4 is 17.2 Å². The summed E-state index contributed by atoms with van der Waals surface area (Å²) in [4.78, 5) is 3.33. The van der Waals surface area contributed by atoms with Gasteiger partial charge in [-0.25, -0.2) is 0 Å². The molecule has 0 atom stereocenters. The van der Waals surface area contributed by atoms with Crippen molar-refractivity contribution in [2.24, 2.45) is 0 Å². The smallest absolute Gasteiger partial charge is 0.0896 e. The molecule has 1 N–H and O–H groups in total. The zero-order chi connectivity index (χ0) is 9.80. The Morgan fingerprint density at radius 3 is 2.79 bits per heavy atom. The van der Waals surface area contributed by atoms with E-state index in [1.165, 1.54) is 5.56 Å². The molecule has 1 aliphatic heterocycles. The second-order valence-electron chi connectivity index (χ2n) is 3.55. The van der Waals surface area contributed by atoms with Gasteiger partial charge >= 0.3 is 0 Å². The Hall–Kier alpha value is -0.930. The minimum Gasteiger partial charge on any atom is -0.377 e. The average molecular weight is 206 g/mol. The SMILES string of the molecule is S=C1CN(Cc2ccccc2)CCN1. The van der Waals surface area contributed by atoms with Crippen LogP contribution in [0.3, 0.4) is 0 Å². The number of hydrogen-bond donors (Lipinski definition) is 1. The van der Waals surface area contributed by atoms with Crippen LogP contribution in [0, 0.1) is 0 Å². The third-order valence-corrected chi connectivity index (χ3v) is 2.64. The monoisotopic (exact) mass is 206 g/mol. The lowest BCUT2D eigenvalue weighted by molar-refractivity contribution is 0.290. The molecule has 2 rings (SSSR count). The topological polar surface area (TPSA) is 15.3 Å². The van der Waals surface area contributed by atoms with Gasteiger partial charge in [0.15, 0.2) is 0 Å². The maximum atomic E-state index is 5.15. The van der Waals surface area contributed by atoms with E-state index < -0.39 is 0 Å². The Labute approximate surface area is 89.9 Å². The van der Waals surface area contributed by atoms with Gasteiger partial charge in [-0.1, -0.05) is 42.5 Å². The molecule has 0 aromatic heterocycles. The van der Waals surface area contributed by atoms with Crippen molar-refractivity contribution in [3.63, 3.8) is 0 Å². The standard InChI is InChI=1S/C11H14N2S/c14-11-9-13(7-6-12-11)8-10-4-2-1-3-5-10/h1-5H,6-9H2,(H,12,14). The number of thiocarbonyl (C=S) groups is 1. The van der Waals surface area contributed by atoms with E-state index >= 15 is 0 Å². The van der Waals surface area contributed by atoms with E-state index in [1.807, 2.05) is 6.07 Å². The van der Waals surface area contributed by atoms with Gasteiger partial charge in [0.1, 0.15) is 0 Å². The number of nitrogens with zero attached hydrogens (tertiary/aromatic N) is 1. The van der Waals surface area contributed by atoms with Crippen LogP contribution in [0.2, 0.25) is 0 Å². The van der Waals surface area contributed by atoms with E-state index in [0.29, 0.717) is 0 Å². The van der Waals surface area contributed by atoms with Crippen LogP contribution in [-0.4, -0.2) is 29.5 Å². The highest BCUT2D eigenvalue weighted by molar-refractivity contribution is 7.80. The molecule has 1 aromatic carbocycles. The van der Waals surface area contributed by atoms with Crippen molar-refractivity contribution in [3.05, 3.63) is 35.9 Å². The summed E-state index contributed by atoms with van der Waals surface area (Å²) in [6.07, 6.45) is 0. The molecular formula is C11H14N2S. The molecule has 3 heteroatoms. The summed E-state index contributed by atoms with van der Waals surface area (Å²) in [7, 11) is 0. The summed E-state index contributed by atoms with van der Waals surface area (Å²) in [6.45, 7) is 3.95. The first-order valence-corrected chi connectivity index (χ1v) is 5.28. The number of nitrogens with one attached hydrogen (secondary N) is 1. The molecule has 0 bridgehead atoms. The highest BCUT2D eigenvalue weighted by Gasteiger charge is 2.12. The fourth-order valence-electron chi connectivity index (χ4n) is 1.67. The van der Waals surface area contributed by atoms with Gasteiger partial charge in [-0.3, -0.25) is 4.90 Å². The van der Waals surface area contributed by atoms with Crippen molar-refractivity contribution in [3.8, 4) is 0 Å². The van der Waals surface area contributed by atoms with Crippen LogP contribution in [0.5, 0.6) is 0 Å². The molecule has 14 heavy (non-hydrogen) atoms. The van der Waals surface area contributed by atoms with Crippen molar-refractivity contribution in [1.82, 2.24) is 10.2 Å². The maximum absolute atomic E-state index is 5.15. The number of hydrogen-bond acceptors (Lipinski definition) is 2.